The topological polar surface area (TPSA) is 129 Å². The first kappa shape index (κ1) is 24.0. The molecule has 1 aromatic heterocycles. The molecular formula is C27H24N4O6. The van der Waals surface area contributed by atoms with E-state index in [0.29, 0.717) is 60.9 Å². The fourth-order valence-electron chi connectivity index (χ4n) is 4.40. The third kappa shape index (κ3) is 5.29. The summed E-state index contributed by atoms with van der Waals surface area (Å²) in [6.07, 6.45) is -0.881. The van der Waals surface area contributed by atoms with Gasteiger partial charge < -0.3 is 19.7 Å². The maximum absolute atomic E-state index is 12.8. The fourth-order valence-corrected chi connectivity index (χ4v) is 4.40. The zero-order valence-corrected chi connectivity index (χ0v) is 19.8. The number of hydrogen-bond donors (Lipinski definition) is 2. The highest BCUT2D eigenvalue weighted by atomic mass is 16.6. The van der Waals surface area contributed by atoms with Crippen molar-refractivity contribution in [3.05, 3.63) is 94.0 Å². The summed E-state index contributed by atoms with van der Waals surface area (Å²) in [5, 5.41) is 23.8. The van der Waals surface area contributed by atoms with E-state index in [1.165, 1.54) is 29.2 Å². The molecule has 10 heteroatoms. The molecule has 0 aliphatic carbocycles. The third-order valence-corrected chi connectivity index (χ3v) is 6.41. The summed E-state index contributed by atoms with van der Waals surface area (Å²) in [5.74, 6) is 0.213. The normalized spacial score (nSPS) is 14.0. The molecule has 10 nitrogen and oxygen atoms in total. The zero-order valence-electron chi connectivity index (χ0n) is 19.8. The first-order chi connectivity index (χ1) is 17.9. The van der Waals surface area contributed by atoms with E-state index in [9.17, 15) is 19.7 Å². The van der Waals surface area contributed by atoms with E-state index >= 15 is 0 Å². The molecule has 2 heterocycles. The molecule has 5 rings (SSSR count). The van der Waals surface area contributed by atoms with E-state index in [-0.39, 0.29) is 11.6 Å². The average molecular weight is 501 g/mol. The lowest BCUT2D eigenvalue weighted by Crippen LogP contribution is -2.47. The van der Waals surface area contributed by atoms with E-state index in [4.69, 9.17) is 9.52 Å². The van der Waals surface area contributed by atoms with Gasteiger partial charge in [0.25, 0.3) is 11.6 Å². The number of anilines is 1. The maximum Gasteiger partial charge on any atom is 0.407 e. The Morgan fingerprint density at radius 1 is 0.973 bits per heavy atom. The second-order valence-electron chi connectivity index (χ2n) is 8.83. The van der Waals surface area contributed by atoms with Crippen LogP contribution in [0.3, 0.4) is 0 Å². The van der Waals surface area contributed by atoms with Crippen LogP contribution in [-0.2, 0) is 6.54 Å². The van der Waals surface area contributed by atoms with Crippen LogP contribution in [0, 0.1) is 10.1 Å². The van der Waals surface area contributed by atoms with Crippen LogP contribution in [0.2, 0.25) is 0 Å². The Morgan fingerprint density at radius 3 is 2.41 bits per heavy atom. The molecule has 0 radical (unpaired) electrons. The zero-order chi connectivity index (χ0) is 25.9. The molecule has 0 bridgehead atoms. The molecule has 1 saturated heterocycles. The Balaban J connectivity index is 1.33. The van der Waals surface area contributed by atoms with Crippen molar-refractivity contribution >= 4 is 34.3 Å². The number of carboxylic acid groups (broad SMARTS) is 1. The lowest BCUT2D eigenvalue weighted by Gasteiger charge is -2.33. The van der Waals surface area contributed by atoms with E-state index < -0.39 is 11.0 Å². The maximum atomic E-state index is 12.8. The van der Waals surface area contributed by atoms with Crippen molar-refractivity contribution in [1.29, 1.82) is 0 Å². The van der Waals surface area contributed by atoms with E-state index in [0.717, 1.165) is 10.9 Å². The number of carbonyl (C=O) groups excluding carboxylic acids is 1. The molecule has 0 saturated carbocycles. The summed E-state index contributed by atoms with van der Waals surface area (Å²) in [6, 6.07) is 20.6. The number of furan rings is 1. The van der Waals surface area contributed by atoms with Crippen molar-refractivity contribution in [3.63, 3.8) is 0 Å². The van der Waals surface area contributed by atoms with Crippen LogP contribution in [0.5, 0.6) is 0 Å². The largest absolute Gasteiger partial charge is 0.465 e. The molecule has 4 aromatic rings. The van der Waals surface area contributed by atoms with Gasteiger partial charge in [0.15, 0.2) is 0 Å². The molecule has 3 aromatic carbocycles. The molecule has 1 aliphatic heterocycles. The second kappa shape index (κ2) is 10.1. The molecule has 0 atom stereocenters. The molecule has 1 fully saturated rings. The van der Waals surface area contributed by atoms with Crippen molar-refractivity contribution in [2.45, 2.75) is 6.54 Å². The standard InChI is InChI=1S/C27H24N4O6/c32-26(19-7-9-21(10-8-19)31(35)36)28-23-4-2-1-3-22(23)25-16-20-6-5-18(15-24(20)37-25)17-29-11-13-30(14-12-29)27(33)34/h1-10,15-16H,11-14,17H2,(H,28,32)(H,33,34). The summed E-state index contributed by atoms with van der Waals surface area (Å²) in [6.45, 7) is 3.03. The van der Waals surface area contributed by atoms with Crippen molar-refractivity contribution in [2.75, 3.05) is 31.5 Å². The Kier molecular flexibility index (Phi) is 6.57. The SMILES string of the molecule is O=C(Nc1ccccc1-c1cc2ccc(CN3CCN(C(=O)O)CC3)cc2o1)c1ccc([N+](=O)[O-])cc1. The molecule has 1 aliphatic rings. The second-order valence-corrected chi connectivity index (χ2v) is 8.83. The highest BCUT2D eigenvalue weighted by Crippen LogP contribution is 2.33. The number of piperazine rings is 1. The van der Waals surface area contributed by atoms with Gasteiger partial charge in [-0.3, -0.25) is 19.8 Å². The number of nitro groups is 1. The monoisotopic (exact) mass is 500 g/mol. The van der Waals surface area contributed by atoms with Crippen molar-refractivity contribution in [1.82, 2.24) is 9.80 Å². The van der Waals surface area contributed by atoms with Gasteiger partial charge >= 0.3 is 6.09 Å². The van der Waals surface area contributed by atoms with Gasteiger partial charge in [-0.25, -0.2) is 4.79 Å². The Morgan fingerprint density at radius 2 is 1.70 bits per heavy atom. The Bertz CT molecular complexity index is 1470. The average Bonchev–Trinajstić information content (AvgIpc) is 3.32. The van der Waals surface area contributed by atoms with E-state index in [2.05, 4.69) is 10.2 Å². The number of nitro benzene ring substituents is 1. The van der Waals surface area contributed by atoms with Crippen molar-refractivity contribution in [3.8, 4) is 11.3 Å². The molecule has 188 valence electrons. The molecule has 0 unspecified atom stereocenters. The first-order valence-electron chi connectivity index (χ1n) is 11.8. The summed E-state index contributed by atoms with van der Waals surface area (Å²) in [4.78, 5) is 37.9. The Hall–Kier alpha value is -4.70. The quantitative estimate of drug-likeness (QED) is 0.280. The summed E-state index contributed by atoms with van der Waals surface area (Å²) in [5.41, 5.74) is 3.27. The number of rotatable bonds is 6. The lowest BCUT2D eigenvalue weighted by atomic mass is 10.1. The van der Waals surface area contributed by atoms with Gasteiger partial charge in [-0.15, -0.1) is 0 Å². The highest BCUT2D eigenvalue weighted by molar-refractivity contribution is 6.06. The van der Waals surface area contributed by atoms with Gasteiger partial charge in [0.2, 0.25) is 0 Å². The number of nitrogens with zero attached hydrogens (tertiary/aromatic N) is 3. The summed E-state index contributed by atoms with van der Waals surface area (Å²) in [7, 11) is 0. The summed E-state index contributed by atoms with van der Waals surface area (Å²) >= 11 is 0. The molecule has 2 amide bonds. The number of benzene rings is 3. The van der Waals surface area contributed by atoms with E-state index in [1.807, 2.05) is 36.4 Å². The van der Waals surface area contributed by atoms with Gasteiger partial charge in [0.1, 0.15) is 11.3 Å². The third-order valence-electron chi connectivity index (χ3n) is 6.41. The number of hydrogen-bond acceptors (Lipinski definition) is 6. The predicted molar refractivity (Wildman–Crippen MR) is 138 cm³/mol. The van der Waals surface area contributed by atoms with Crippen LogP contribution in [-0.4, -0.2) is 58.0 Å². The van der Waals surface area contributed by atoms with Crippen LogP contribution < -0.4 is 5.32 Å². The molecule has 37 heavy (non-hydrogen) atoms. The highest BCUT2D eigenvalue weighted by Gasteiger charge is 2.21. The fraction of sp³-hybridized carbons (Fsp3) is 0.185. The van der Waals surface area contributed by atoms with Crippen molar-refractivity contribution < 1.29 is 24.0 Å². The van der Waals surface area contributed by atoms with Crippen LogP contribution in [0.25, 0.3) is 22.3 Å². The smallest absolute Gasteiger partial charge is 0.407 e. The predicted octanol–water partition coefficient (Wildman–Crippen LogP) is 5.06. The minimum atomic E-state index is -0.881. The molecule has 2 N–H and O–H groups in total. The Labute approximate surface area is 211 Å². The summed E-state index contributed by atoms with van der Waals surface area (Å²) < 4.78 is 6.17. The number of amides is 2. The number of non-ortho nitro benzene ring substituents is 1. The van der Waals surface area contributed by atoms with Crippen molar-refractivity contribution in [2.24, 2.45) is 0 Å². The lowest BCUT2D eigenvalue weighted by molar-refractivity contribution is -0.384. The minimum Gasteiger partial charge on any atom is -0.465 e. The number of carbonyl (C=O) groups is 2. The van der Waals surface area contributed by atoms with Gasteiger partial charge in [0, 0.05) is 61.4 Å². The van der Waals surface area contributed by atoms with Gasteiger partial charge in [0.05, 0.1) is 10.6 Å². The van der Waals surface area contributed by atoms with Crippen LogP contribution in [0.15, 0.2) is 77.2 Å². The first-order valence-corrected chi connectivity index (χ1v) is 11.8. The number of nitrogens with one attached hydrogen (secondary N) is 1. The number of para-hydroxylation sites is 1. The molecular weight excluding hydrogens is 476 g/mol. The van der Waals surface area contributed by atoms with Crippen LogP contribution >= 0.6 is 0 Å². The molecule has 0 spiro atoms. The van der Waals surface area contributed by atoms with Crippen LogP contribution in [0.4, 0.5) is 16.2 Å². The minimum absolute atomic E-state index is 0.0823. The van der Waals surface area contributed by atoms with Crippen LogP contribution in [0.1, 0.15) is 15.9 Å². The van der Waals surface area contributed by atoms with E-state index in [1.54, 1.807) is 12.1 Å². The van der Waals surface area contributed by atoms with Gasteiger partial charge in [-0.05, 0) is 42.0 Å². The van der Waals surface area contributed by atoms with Gasteiger partial charge in [-0.2, -0.15) is 0 Å². The van der Waals surface area contributed by atoms with Gasteiger partial charge in [-0.1, -0.05) is 24.3 Å². The number of fused-ring (bicyclic) bond motifs is 1.